The maximum absolute atomic E-state index is 13.8. The lowest BCUT2D eigenvalue weighted by Crippen LogP contribution is -2.22. The lowest BCUT2D eigenvalue weighted by atomic mass is 10.2. The van der Waals surface area contributed by atoms with Gasteiger partial charge in [0, 0.05) is 6.07 Å². The Morgan fingerprint density at radius 1 is 1.14 bits per heavy atom. The van der Waals surface area contributed by atoms with E-state index in [0.717, 1.165) is 11.3 Å². The molecule has 9 heteroatoms. The van der Waals surface area contributed by atoms with Gasteiger partial charge in [0.1, 0.15) is 10.4 Å². The van der Waals surface area contributed by atoms with Crippen LogP contribution in [-0.4, -0.2) is 9.55 Å². The molecule has 3 rings (SSSR count). The predicted molar refractivity (Wildman–Crippen MR) is 72.4 cm³/mol. The van der Waals surface area contributed by atoms with Crippen molar-refractivity contribution in [3.05, 3.63) is 55.9 Å². The maximum atomic E-state index is 13.8. The summed E-state index contributed by atoms with van der Waals surface area (Å²) in [5.74, 6) is -6.61. The Balaban J connectivity index is 2.53. The van der Waals surface area contributed by atoms with Crippen molar-refractivity contribution in [2.45, 2.75) is 0 Å². The molecule has 108 valence electrons. The second-order valence-corrected chi connectivity index (χ2v) is 5.35. The fourth-order valence-electron chi connectivity index (χ4n) is 1.90. The first-order valence-electron chi connectivity index (χ1n) is 5.47. The smallest absolute Gasteiger partial charge is 0.277 e. The largest absolute Gasteiger partial charge is 0.331 e. The Labute approximate surface area is 123 Å². The molecule has 0 radical (unpaired) electrons. The molecule has 1 N–H and O–H groups in total. The standard InChI is InChI=1S/C12H4F4N2OS2/c13-4-3-5(14)8(16)9(7(4)15)18-11(19)10-6(1-2-21-10)17-12(18)20/h1-3H,(H,17,20). The Morgan fingerprint density at radius 3 is 2.38 bits per heavy atom. The summed E-state index contributed by atoms with van der Waals surface area (Å²) in [5, 5.41) is 1.57. The highest BCUT2D eigenvalue weighted by Crippen LogP contribution is 2.23. The molecule has 0 atom stereocenters. The Bertz CT molecular complexity index is 963. The van der Waals surface area contributed by atoms with Crippen LogP contribution in [0.2, 0.25) is 0 Å². The van der Waals surface area contributed by atoms with Crippen molar-refractivity contribution in [3.63, 3.8) is 0 Å². The molecule has 0 bridgehead atoms. The van der Waals surface area contributed by atoms with Crippen LogP contribution in [0.3, 0.4) is 0 Å². The molecule has 0 fully saturated rings. The second-order valence-electron chi connectivity index (χ2n) is 4.05. The highest BCUT2D eigenvalue weighted by atomic mass is 32.1. The SMILES string of the molecule is O=c1c2sccc2[nH]c(=S)n1-c1c(F)c(F)cc(F)c1F. The average Bonchev–Trinajstić information content (AvgIpc) is 2.88. The van der Waals surface area contributed by atoms with Gasteiger partial charge in [0.25, 0.3) is 5.56 Å². The van der Waals surface area contributed by atoms with Crippen molar-refractivity contribution < 1.29 is 17.6 Å². The summed E-state index contributed by atoms with van der Waals surface area (Å²) in [5.41, 5.74) is -1.65. The van der Waals surface area contributed by atoms with E-state index in [1.807, 2.05) is 0 Å². The number of nitrogens with one attached hydrogen (secondary N) is 1. The highest BCUT2D eigenvalue weighted by Gasteiger charge is 2.23. The number of aromatic amines is 1. The van der Waals surface area contributed by atoms with Gasteiger partial charge in [0.15, 0.2) is 28.0 Å². The molecule has 2 aromatic heterocycles. The monoisotopic (exact) mass is 332 g/mol. The third kappa shape index (κ3) is 2.00. The molecule has 0 saturated carbocycles. The second kappa shape index (κ2) is 4.78. The van der Waals surface area contributed by atoms with Gasteiger partial charge in [-0.2, -0.15) is 0 Å². The Morgan fingerprint density at radius 2 is 1.76 bits per heavy atom. The van der Waals surface area contributed by atoms with Crippen LogP contribution in [-0.2, 0) is 0 Å². The van der Waals surface area contributed by atoms with E-state index < -0.39 is 34.5 Å². The summed E-state index contributed by atoms with van der Waals surface area (Å²) in [7, 11) is 0. The van der Waals surface area contributed by atoms with E-state index >= 15 is 0 Å². The molecule has 3 aromatic rings. The average molecular weight is 332 g/mol. The van der Waals surface area contributed by atoms with Gasteiger partial charge >= 0.3 is 0 Å². The zero-order chi connectivity index (χ0) is 15.3. The Hall–Kier alpha value is -2.00. The van der Waals surface area contributed by atoms with Crippen LogP contribution in [0, 0.1) is 28.0 Å². The molecule has 3 nitrogen and oxygen atoms in total. The zero-order valence-corrected chi connectivity index (χ0v) is 11.5. The maximum Gasteiger partial charge on any atom is 0.277 e. The number of H-pyrrole nitrogens is 1. The van der Waals surface area contributed by atoms with Crippen LogP contribution < -0.4 is 5.56 Å². The van der Waals surface area contributed by atoms with Gasteiger partial charge in [-0.25, -0.2) is 22.1 Å². The molecule has 0 aliphatic rings. The summed E-state index contributed by atoms with van der Waals surface area (Å²) in [6.07, 6.45) is 0. The van der Waals surface area contributed by atoms with Crippen LogP contribution in [0.15, 0.2) is 22.3 Å². The van der Waals surface area contributed by atoms with Gasteiger partial charge in [-0.1, -0.05) is 0 Å². The first-order chi connectivity index (χ1) is 9.91. The molecule has 0 saturated heterocycles. The van der Waals surface area contributed by atoms with Crippen molar-refractivity contribution in [3.8, 4) is 5.69 Å². The molecule has 2 heterocycles. The van der Waals surface area contributed by atoms with Crippen LogP contribution in [0.4, 0.5) is 17.6 Å². The fourth-order valence-corrected chi connectivity index (χ4v) is 2.96. The first kappa shape index (κ1) is 14.0. The lowest BCUT2D eigenvalue weighted by Gasteiger charge is -2.10. The van der Waals surface area contributed by atoms with Crippen molar-refractivity contribution in [1.82, 2.24) is 9.55 Å². The van der Waals surface area contributed by atoms with E-state index in [2.05, 4.69) is 4.98 Å². The number of halogens is 4. The molecule has 0 aliphatic carbocycles. The van der Waals surface area contributed by atoms with Crippen molar-refractivity contribution >= 4 is 33.8 Å². The number of rotatable bonds is 1. The zero-order valence-electron chi connectivity index (χ0n) is 9.92. The summed E-state index contributed by atoms with van der Waals surface area (Å²) < 4.78 is 54.4. The van der Waals surface area contributed by atoms with Gasteiger partial charge < -0.3 is 4.98 Å². The van der Waals surface area contributed by atoms with Crippen molar-refractivity contribution in [1.29, 1.82) is 0 Å². The van der Waals surface area contributed by atoms with Gasteiger partial charge in [-0.3, -0.25) is 4.79 Å². The molecule has 0 amide bonds. The van der Waals surface area contributed by atoms with Gasteiger partial charge in [0.2, 0.25) is 0 Å². The van der Waals surface area contributed by atoms with Crippen LogP contribution >= 0.6 is 23.6 Å². The molecular weight excluding hydrogens is 328 g/mol. The number of fused-ring (bicyclic) bond motifs is 1. The number of thiophene rings is 1. The highest BCUT2D eigenvalue weighted by molar-refractivity contribution is 7.71. The molecule has 0 spiro atoms. The predicted octanol–water partition coefficient (Wildman–Crippen LogP) is 3.67. The third-order valence-corrected chi connectivity index (χ3v) is 4.01. The Kier molecular flexibility index (Phi) is 3.18. The summed E-state index contributed by atoms with van der Waals surface area (Å²) in [6.45, 7) is 0. The number of nitrogens with zero attached hydrogens (tertiary/aromatic N) is 1. The first-order valence-corrected chi connectivity index (χ1v) is 6.76. The van der Waals surface area contributed by atoms with Crippen molar-refractivity contribution in [2.75, 3.05) is 0 Å². The van der Waals surface area contributed by atoms with E-state index in [-0.39, 0.29) is 15.5 Å². The van der Waals surface area contributed by atoms with E-state index in [1.165, 1.54) is 0 Å². The van der Waals surface area contributed by atoms with Crippen LogP contribution in [0.1, 0.15) is 0 Å². The number of benzene rings is 1. The summed E-state index contributed by atoms with van der Waals surface area (Å²) in [6, 6.07) is 1.62. The quantitative estimate of drug-likeness (QED) is 0.419. The van der Waals surface area contributed by atoms with Gasteiger partial charge in [0.05, 0.1) is 5.52 Å². The summed E-state index contributed by atoms with van der Waals surface area (Å²) in [4.78, 5) is 14.8. The van der Waals surface area contributed by atoms with Crippen molar-refractivity contribution in [2.24, 2.45) is 0 Å². The van der Waals surface area contributed by atoms with Crippen LogP contribution in [0.5, 0.6) is 0 Å². The van der Waals surface area contributed by atoms with E-state index in [0.29, 0.717) is 10.1 Å². The number of hydrogen-bond donors (Lipinski definition) is 1. The molecular formula is C12H4F4N2OS2. The number of hydrogen-bond acceptors (Lipinski definition) is 3. The normalized spacial score (nSPS) is 11.2. The van der Waals surface area contributed by atoms with E-state index in [4.69, 9.17) is 12.2 Å². The minimum Gasteiger partial charge on any atom is -0.331 e. The van der Waals surface area contributed by atoms with Gasteiger partial charge in [-0.05, 0) is 23.7 Å². The summed E-state index contributed by atoms with van der Waals surface area (Å²) >= 11 is 5.86. The molecule has 21 heavy (non-hydrogen) atoms. The third-order valence-electron chi connectivity index (χ3n) is 2.82. The molecule has 0 unspecified atom stereocenters. The van der Waals surface area contributed by atoms with Crippen LogP contribution in [0.25, 0.3) is 15.9 Å². The number of aromatic nitrogens is 2. The van der Waals surface area contributed by atoms with E-state index in [9.17, 15) is 22.4 Å². The van der Waals surface area contributed by atoms with E-state index in [1.54, 1.807) is 11.4 Å². The molecule has 1 aromatic carbocycles. The topological polar surface area (TPSA) is 37.8 Å². The minimum absolute atomic E-state index is 0.0651. The fraction of sp³-hybridized carbons (Fsp3) is 0. The molecule has 0 aliphatic heterocycles. The lowest BCUT2D eigenvalue weighted by molar-refractivity contribution is 0.446. The van der Waals surface area contributed by atoms with Gasteiger partial charge in [-0.15, -0.1) is 11.3 Å². The minimum atomic E-state index is -1.69.